The van der Waals surface area contributed by atoms with Gasteiger partial charge in [0.15, 0.2) is 11.4 Å². The Balaban J connectivity index is 1.53. The lowest BCUT2D eigenvalue weighted by atomic mass is 10.1. The summed E-state index contributed by atoms with van der Waals surface area (Å²) in [5.41, 5.74) is 10.7. The Morgan fingerprint density at radius 1 is 0.949 bits per heavy atom. The van der Waals surface area contributed by atoms with Gasteiger partial charge in [0.2, 0.25) is 0 Å². The van der Waals surface area contributed by atoms with E-state index in [0.29, 0.717) is 45.6 Å². The lowest BCUT2D eigenvalue weighted by molar-refractivity contribution is 0.102. The molecule has 8 nitrogen and oxygen atoms in total. The highest BCUT2D eigenvalue weighted by Gasteiger charge is 2.16. The molecule has 39 heavy (non-hydrogen) atoms. The van der Waals surface area contributed by atoms with Gasteiger partial charge in [-0.1, -0.05) is 29.8 Å². The number of halogens is 1. The Hall–Kier alpha value is -4.50. The molecule has 3 aromatic carbocycles. The molecule has 0 aliphatic heterocycles. The van der Waals surface area contributed by atoms with Gasteiger partial charge in [0, 0.05) is 27.1 Å². The number of amides is 1. The van der Waals surface area contributed by atoms with Crippen LogP contribution in [0.3, 0.4) is 0 Å². The van der Waals surface area contributed by atoms with Crippen LogP contribution in [0.25, 0.3) is 11.0 Å². The minimum Gasteiger partial charge on any atom is -0.455 e. The molecule has 1 amide bonds. The van der Waals surface area contributed by atoms with Gasteiger partial charge in [-0.2, -0.15) is 0 Å². The van der Waals surface area contributed by atoms with E-state index in [4.69, 9.17) is 10.5 Å². The number of nitrogens with zero attached hydrogens (tertiary/aromatic N) is 3. The topological polar surface area (TPSA) is 115 Å². The van der Waals surface area contributed by atoms with Crippen LogP contribution in [0.5, 0.6) is 11.5 Å². The lowest BCUT2D eigenvalue weighted by Gasteiger charge is -2.16. The van der Waals surface area contributed by atoms with Crippen LogP contribution in [0.4, 0.5) is 22.9 Å². The second-order valence-electron chi connectivity index (χ2n) is 9.41. The van der Waals surface area contributed by atoms with E-state index in [-0.39, 0.29) is 11.8 Å². The molecule has 0 atom stereocenters. The third-order valence-corrected chi connectivity index (χ3v) is 6.65. The number of benzene rings is 3. The zero-order valence-electron chi connectivity index (χ0n) is 21.7. The maximum Gasteiger partial charge on any atom is 0.255 e. The van der Waals surface area contributed by atoms with Gasteiger partial charge in [-0.25, -0.2) is 15.0 Å². The van der Waals surface area contributed by atoms with Crippen LogP contribution in [-0.4, -0.2) is 20.9 Å². The second-order valence-corrected chi connectivity index (χ2v) is 10.3. The summed E-state index contributed by atoms with van der Waals surface area (Å²) in [7, 11) is 0. The number of pyridine rings is 1. The van der Waals surface area contributed by atoms with Gasteiger partial charge >= 0.3 is 0 Å². The van der Waals surface area contributed by atoms with E-state index < -0.39 is 0 Å². The summed E-state index contributed by atoms with van der Waals surface area (Å²) in [5, 5.41) is 7.04. The van der Waals surface area contributed by atoms with E-state index in [1.54, 1.807) is 24.3 Å². The zero-order valence-corrected chi connectivity index (χ0v) is 23.3. The molecule has 0 aliphatic rings. The number of aromatic nitrogens is 3. The number of carbonyl (C=O) groups is 1. The highest BCUT2D eigenvalue weighted by atomic mass is 79.9. The molecule has 0 saturated heterocycles. The van der Waals surface area contributed by atoms with Crippen molar-refractivity contribution in [1.29, 1.82) is 0 Å². The van der Waals surface area contributed by atoms with Crippen LogP contribution >= 0.6 is 15.9 Å². The number of carbonyl (C=O) groups excluding carboxylic acids is 1. The summed E-state index contributed by atoms with van der Waals surface area (Å²) in [6.07, 6.45) is 1.47. The molecule has 0 bridgehead atoms. The molecule has 5 aromatic rings. The Morgan fingerprint density at radius 2 is 1.72 bits per heavy atom. The van der Waals surface area contributed by atoms with Gasteiger partial charge in [0.1, 0.15) is 17.9 Å². The number of aryl methyl sites for hydroxylation is 1. The summed E-state index contributed by atoms with van der Waals surface area (Å²) in [6.45, 7) is 6.10. The zero-order chi connectivity index (χ0) is 27.5. The summed E-state index contributed by atoms with van der Waals surface area (Å²) in [5.74, 6) is 1.72. The first-order chi connectivity index (χ1) is 18.8. The van der Waals surface area contributed by atoms with Gasteiger partial charge in [-0.3, -0.25) is 4.79 Å². The van der Waals surface area contributed by atoms with E-state index in [0.717, 1.165) is 21.1 Å². The van der Waals surface area contributed by atoms with E-state index in [1.165, 1.54) is 6.33 Å². The van der Waals surface area contributed by atoms with E-state index in [9.17, 15) is 4.79 Å². The highest BCUT2D eigenvalue weighted by Crippen LogP contribution is 2.36. The average Bonchev–Trinajstić information content (AvgIpc) is 2.92. The maximum atomic E-state index is 13.1. The minimum atomic E-state index is -0.258. The predicted molar refractivity (Wildman–Crippen MR) is 159 cm³/mol. The van der Waals surface area contributed by atoms with E-state index in [2.05, 4.69) is 55.4 Å². The molecule has 0 radical (unpaired) electrons. The molecular formula is C30H27BrN6O2. The number of anilines is 4. The van der Waals surface area contributed by atoms with Crippen molar-refractivity contribution < 1.29 is 9.53 Å². The average molecular weight is 583 g/mol. The fraction of sp³-hybridized carbons (Fsp3) is 0.133. The fourth-order valence-corrected chi connectivity index (χ4v) is 4.27. The summed E-state index contributed by atoms with van der Waals surface area (Å²) in [6, 6.07) is 22.0. The van der Waals surface area contributed by atoms with E-state index in [1.807, 2.05) is 55.5 Å². The van der Waals surface area contributed by atoms with Crippen LogP contribution in [0.2, 0.25) is 0 Å². The minimum absolute atomic E-state index is 0.258. The van der Waals surface area contributed by atoms with E-state index >= 15 is 0 Å². The quantitative estimate of drug-likeness (QED) is 0.169. The molecule has 196 valence electrons. The molecule has 0 fully saturated rings. The summed E-state index contributed by atoms with van der Waals surface area (Å²) < 4.78 is 7.21. The second kappa shape index (κ2) is 11.1. The molecule has 0 unspecified atom stereocenters. The first kappa shape index (κ1) is 26.1. The van der Waals surface area contributed by atoms with Gasteiger partial charge in [-0.05, 0) is 91.2 Å². The predicted octanol–water partition coefficient (Wildman–Crippen LogP) is 7.59. The summed E-state index contributed by atoms with van der Waals surface area (Å²) >= 11 is 3.41. The van der Waals surface area contributed by atoms with Crippen molar-refractivity contribution in [1.82, 2.24) is 15.0 Å². The van der Waals surface area contributed by atoms with Gasteiger partial charge < -0.3 is 21.1 Å². The first-order valence-electron chi connectivity index (χ1n) is 12.4. The van der Waals surface area contributed by atoms with Crippen LogP contribution < -0.4 is 21.1 Å². The largest absolute Gasteiger partial charge is 0.455 e. The Labute approximate surface area is 234 Å². The molecule has 9 heteroatoms. The smallest absolute Gasteiger partial charge is 0.255 e. The van der Waals surface area contributed by atoms with Gasteiger partial charge in [-0.15, -0.1) is 0 Å². The molecule has 0 spiro atoms. The third kappa shape index (κ3) is 5.99. The fourth-order valence-electron chi connectivity index (χ4n) is 4.01. The molecular weight excluding hydrogens is 556 g/mol. The molecule has 0 aliphatic carbocycles. The van der Waals surface area contributed by atoms with Crippen molar-refractivity contribution in [2.24, 2.45) is 0 Å². The van der Waals surface area contributed by atoms with Crippen molar-refractivity contribution in [2.45, 2.75) is 26.7 Å². The number of nitrogens with two attached hydrogens (primary N) is 1. The Kier molecular flexibility index (Phi) is 7.42. The summed E-state index contributed by atoms with van der Waals surface area (Å²) in [4.78, 5) is 26.6. The van der Waals surface area contributed by atoms with Crippen molar-refractivity contribution in [3.63, 3.8) is 0 Å². The molecule has 0 saturated carbocycles. The van der Waals surface area contributed by atoms with Crippen molar-refractivity contribution in [3.8, 4) is 11.5 Å². The number of rotatable bonds is 7. The van der Waals surface area contributed by atoms with Gasteiger partial charge in [0.05, 0.1) is 11.1 Å². The van der Waals surface area contributed by atoms with Crippen LogP contribution in [0, 0.1) is 6.92 Å². The molecule has 2 aromatic heterocycles. The Bertz CT molecular complexity index is 1670. The maximum absolute atomic E-state index is 13.1. The third-order valence-electron chi connectivity index (χ3n) is 6.13. The monoisotopic (exact) mass is 582 g/mol. The first-order valence-corrected chi connectivity index (χ1v) is 13.2. The number of nitrogens with one attached hydrogen (secondary N) is 2. The number of fused-ring (bicyclic) bond motifs is 1. The lowest BCUT2D eigenvalue weighted by Crippen LogP contribution is -2.12. The molecule has 5 rings (SSSR count). The molecule has 2 heterocycles. The highest BCUT2D eigenvalue weighted by molar-refractivity contribution is 9.10. The van der Waals surface area contributed by atoms with Crippen LogP contribution in [-0.2, 0) is 0 Å². The van der Waals surface area contributed by atoms with Crippen molar-refractivity contribution in [2.75, 3.05) is 16.4 Å². The number of nitrogen functional groups attached to an aromatic ring is 1. The molecule has 4 N–H and O–H groups in total. The number of ether oxygens (including phenoxy) is 1. The standard InChI is InChI=1S/C30H27BrN6O2/c1-17(2)24-11-10-23-28(36-24)33-16-34-29(23)37-25-15-19(30(38)35-22-8-5-20(31)6-9-22)4-12-27(25)39-26-13-7-21(32)14-18(26)3/h4-17H,32H2,1-3H3,(H,35,38)(H,33,34,36,37). The van der Waals surface area contributed by atoms with Crippen molar-refractivity contribution in [3.05, 3.63) is 100 Å². The normalized spacial score (nSPS) is 11.0. The van der Waals surface area contributed by atoms with Crippen LogP contribution in [0.15, 0.2) is 83.6 Å². The van der Waals surface area contributed by atoms with Gasteiger partial charge in [0.25, 0.3) is 5.91 Å². The number of hydrogen-bond donors (Lipinski definition) is 3. The van der Waals surface area contributed by atoms with Crippen molar-refractivity contribution >= 4 is 55.8 Å². The Morgan fingerprint density at radius 3 is 2.46 bits per heavy atom. The SMILES string of the molecule is Cc1cc(N)ccc1Oc1ccc(C(=O)Nc2ccc(Br)cc2)cc1Nc1ncnc2nc(C(C)C)ccc12. The number of hydrogen-bond acceptors (Lipinski definition) is 7. The van der Waals surface area contributed by atoms with Crippen LogP contribution in [0.1, 0.15) is 41.4 Å².